The molecule has 0 saturated heterocycles. The van der Waals surface area contributed by atoms with Crippen LogP contribution in [0, 0.1) is 25.5 Å². The Kier molecular flexibility index (Phi) is 3.26. The average molecular weight is 287 g/mol. The van der Waals surface area contributed by atoms with Gasteiger partial charge in [-0.3, -0.25) is 0 Å². The lowest BCUT2D eigenvalue weighted by atomic mass is 10.0. The summed E-state index contributed by atoms with van der Waals surface area (Å²) in [5.41, 5.74) is 9.21. The zero-order valence-corrected chi connectivity index (χ0v) is 11.8. The van der Waals surface area contributed by atoms with Crippen LogP contribution in [0.25, 0.3) is 11.0 Å². The Balaban J connectivity index is 2.13. The van der Waals surface area contributed by atoms with Crippen LogP contribution in [0.2, 0.25) is 0 Å². The first kappa shape index (κ1) is 13.8. The maximum Gasteiger partial charge on any atom is 0.134 e. The molecule has 21 heavy (non-hydrogen) atoms. The molecule has 0 bridgehead atoms. The summed E-state index contributed by atoms with van der Waals surface area (Å²) >= 11 is 0. The Morgan fingerprint density at radius 3 is 2.33 bits per heavy atom. The van der Waals surface area contributed by atoms with Gasteiger partial charge in [0.2, 0.25) is 0 Å². The normalized spacial score (nSPS) is 12.8. The van der Waals surface area contributed by atoms with Crippen molar-refractivity contribution in [3.63, 3.8) is 0 Å². The number of aryl methyl sites for hydroxylation is 2. The lowest BCUT2D eigenvalue weighted by molar-refractivity contribution is 0.516. The van der Waals surface area contributed by atoms with Crippen LogP contribution in [-0.2, 0) is 0 Å². The predicted molar refractivity (Wildman–Crippen MR) is 78.1 cm³/mol. The van der Waals surface area contributed by atoms with E-state index < -0.39 is 17.7 Å². The Hall–Kier alpha value is -2.20. The van der Waals surface area contributed by atoms with Crippen molar-refractivity contribution in [2.24, 2.45) is 5.73 Å². The lowest BCUT2D eigenvalue weighted by Gasteiger charge is -2.10. The molecule has 3 aromatic rings. The molecule has 2 nitrogen and oxygen atoms in total. The molecule has 1 unspecified atom stereocenters. The molecule has 0 aliphatic heterocycles. The van der Waals surface area contributed by atoms with Gasteiger partial charge in [0.25, 0.3) is 0 Å². The van der Waals surface area contributed by atoms with E-state index in [0.29, 0.717) is 11.3 Å². The second kappa shape index (κ2) is 4.97. The van der Waals surface area contributed by atoms with E-state index in [1.54, 1.807) is 0 Å². The van der Waals surface area contributed by atoms with Gasteiger partial charge in [-0.15, -0.1) is 0 Å². The average Bonchev–Trinajstić information content (AvgIpc) is 2.74. The molecule has 108 valence electrons. The number of halogens is 2. The third-order valence-electron chi connectivity index (χ3n) is 3.66. The zero-order chi connectivity index (χ0) is 15.1. The van der Waals surface area contributed by atoms with Gasteiger partial charge in [-0.25, -0.2) is 8.78 Å². The first-order valence-corrected chi connectivity index (χ1v) is 6.67. The standard InChI is InChI=1S/C17H15F2NO/c1-9-3-4-15-14(5-9)10(2)17(21-15)16(20)11-6-12(18)8-13(19)7-11/h3-8,16H,20H2,1-2H3. The van der Waals surface area contributed by atoms with Gasteiger partial charge in [0.1, 0.15) is 23.0 Å². The van der Waals surface area contributed by atoms with E-state index >= 15 is 0 Å². The van der Waals surface area contributed by atoms with E-state index in [0.717, 1.165) is 28.2 Å². The predicted octanol–water partition coefficient (Wildman–Crippen LogP) is 4.38. The van der Waals surface area contributed by atoms with Crippen LogP contribution >= 0.6 is 0 Å². The van der Waals surface area contributed by atoms with Crippen molar-refractivity contribution in [2.45, 2.75) is 19.9 Å². The third kappa shape index (κ3) is 2.43. The van der Waals surface area contributed by atoms with Gasteiger partial charge in [-0.1, -0.05) is 11.6 Å². The molecule has 1 atom stereocenters. The summed E-state index contributed by atoms with van der Waals surface area (Å²) in [7, 11) is 0. The van der Waals surface area contributed by atoms with Crippen molar-refractivity contribution in [1.29, 1.82) is 0 Å². The highest BCUT2D eigenvalue weighted by Gasteiger charge is 2.20. The Morgan fingerprint density at radius 1 is 1.00 bits per heavy atom. The number of hydrogen-bond acceptors (Lipinski definition) is 2. The van der Waals surface area contributed by atoms with Gasteiger partial charge < -0.3 is 10.2 Å². The molecular weight excluding hydrogens is 272 g/mol. The number of hydrogen-bond donors (Lipinski definition) is 1. The molecule has 1 heterocycles. The third-order valence-corrected chi connectivity index (χ3v) is 3.66. The van der Waals surface area contributed by atoms with Crippen LogP contribution < -0.4 is 5.73 Å². The number of rotatable bonds is 2. The minimum Gasteiger partial charge on any atom is -0.459 e. The van der Waals surface area contributed by atoms with E-state index in [2.05, 4.69) is 0 Å². The molecule has 2 aromatic carbocycles. The molecule has 0 aliphatic rings. The Bertz CT molecular complexity index is 803. The van der Waals surface area contributed by atoms with Crippen molar-refractivity contribution in [1.82, 2.24) is 0 Å². The maximum absolute atomic E-state index is 13.3. The highest BCUT2D eigenvalue weighted by Crippen LogP contribution is 2.32. The van der Waals surface area contributed by atoms with Gasteiger partial charge in [0, 0.05) is 17.0 Å². The molecule has 0 fully saturated rings. The SMILES string of the molecule is Cc1ccc2oc(C(N)c3cc(F)cc(F)c3)c(C)c2c1. The monoisotopic (exact) mass is 287 g/mol. The molecule has 0 saturated carbocycles. The van der Waals surface area contributed by atoms with E-state index in [-0.39, 0.29) is 0 Å². The molecule has 3 rings (SSSR count). The molecule has 0 radical (unpaired) electrons. The molecule has 2 N–H and O–H groups in total. The summed E-state index contributed by atoms with van der Waals surface area (Å²) in [4.78, 5) is 0. The molecule has 1 aromatic heterocycles. The smallest absolute Gasteiger partial charge is 0.134 e. The van der Waals surface area contributed by atoms with E-state index in [4.69, 9.17) is 10.2 Å². The second-order valence-electron chi connectivity index (χ2n) is 5.27. The van der Waals surface area contributed by atoms with Gasteiger partial charge in [0.15, 0.2) is 0 Å². The topological polar surface area (TPSA) is 39.2 Å². The van der Waals surface area contributed by atoms with Crippen LogP contribution in [0.15, 0.2) is 40.8 Å². The molecule has 0 aliphatic carbocycles. The van der Waals surface area contributed by atoms with Gasteiger partial charge in [-0.05, 0) is 43.7 Å². The highest BCUT2D eigenvalue weighted by atomic mass is 19.1. The summed E-state index contributed by atoms with van der Waals surface area (Å²) in [5, 5.41) is 0.970. The van der Waals surface area contributed by atoms with Crippen LogP contribution in [0.1, 0.15) is 28.5 Å². The number of furan rings is 1. The van der Waals surface area contributed by atoms with Crippen LogP contribution in [0.4, 0.5) is 8.78 Å². The summed E-state index contributed by atoms with van der Waals surface area (Å²) in [6, 6.07) is 8.41. The van der Waals surface area contributed by atoms with E-state index in [1.807, 2.05) is 32.0 Å². The molecule has 4 heteroatoms. The highest BCUT2D eigenvalue weighted by molar-refractivity contribution is 5.83. The Morgan fingerprint density at radius 2 is 1.67 bits per heavy atom. The van der Waals surface area contributed by atoms with Crippen LogP contribution in [-0.4, -0.2) is 0 Å². The molecule has 0 spiro atoms. The first-order valence-electron chi connectivity index (χ1n) is 6.67. The van der Waals surface area contributed by atoms with Crippen molar-refractivity contribution >= 4 is 11.0 Å². The van der Waals surface area contributed by atoms with Crippen molar-refractivity contribution in [3.05, 3.63) is 70.5 Å². The maximum atomic E-state index is 13.3. The van der Waals surface area contributed by atoms with Gasteiger partial charge >= 0.3 is 0 Å². The summed E-state index contributed by atoms with van der Waals surface area (Å²) in [5.74, 6) is -0.768. The minimum absolute atomic E-state index is 0.353. The van der Waals surface area contributed by atoms with Crippen LogP contribution in [0.5, 0.6) is 0 Å². The van der Waals surface area contributed by atoms with Gasteiger partial charge in [-0.2, -0.15) is 0 Å². The minimum atomic E-state index is -0.706. The number of benzene rings is 2. The van der Waals surface area contributed by atoms with Crippen LogP contribution in [0.3, 0.4) is 0 Å². The second-order valence-corrected chi connectivity index (χ2v) is 5.27. The lowest BCUT2D eigenvalue weighted by Crippen LogP contribution is -2.12. The number of fused-ring (bicyclic) bond motifs is 1. The van der Waals surface area contributed by atoms with E-state index in [1.165, 1.54) is 12.1 Å². The van der Waals surface area contributed by atoms with Crippen molar-refractivity contribution in [3.8, 4) is 0 Å². The fraction of sp³-hybridized carbons (Fsp3) is 0.176. The van der Waals surface area contributed by atoms with Crippen molar-refractivity contribution in [2.75, 3.05) is 0 Å². The molecule has 0 amide bonds. The van der Waals surface area contributed by atoms with Crippen molar-refractivity contribution < 1.29 is 13.2 Å². The van der Waals surface area contributed by atoms with E-state index in [9.17, 15) is 8.78 Å². The number of nitrogens with two attached hydrogens (primary N) is 1. The summed E-state index contributed by atoms with van der Waals surface area (Å²) in [6.45, 7) is 3.89. The fourth-order valence-corrected chi connectivity index (χ4v) is 2.56. The summed E-state index contributed by atoms with van der Waals surface area (Å²) in [6.07, 6.45) is 0. The van der Waals surface area contributed by atoms with Gasteiger partial charge in [0.05, 0.1) is 6.04 Å². The zero-order valence-electron chi connectivity index (χ0n) is 11.8. The summed E-state index contributed by atoms with van der Waals surface area (Å²) < 4.78 is 32.5. The largest absolute Gasteiger partial charge is 0.459 e. The quantitative estimate of drug-likeness (QED) is 0.760. The first-order chi connectivity index (χ1) is 9.95. The Labute approximate surface area is 121 Å². The fourth-order valence-electron chi connectivity index (χ4n) is 2.56. The molecular formula is C17H15F2NO.